The molecule has 0 saturated heterocycles. The molecule has 3 nitrogen and oxygen atoms in total. The van der Waals surface area contributed by atoms with Crippen LogP contribution in [0.25, 0.3) is 0 Å². The Kier molecular flexibility index (Phi) is 4.29. The van der Waals surface area contributed by atoms with Crippen LogP contribution in [0.2, 0.25) is 0 Å². The van der Waals surface area contributed by atoms with Gasteiger partial charge in [0.05, 0.1) is 5.69 Å². The topological polar surface area (TPSA) is 43.8 Å². The average molecular weight is 271 g/mol. The molecule has 0 aliphatic carbocycles. The van der Waals surface area contributed by atoms with Crippen molar-refractivity contribution < 1.29 is 0 Å². The summed E-state index contributed by atoms with van der Waals surface area (Å²) in [7, 11) is 2.00. The number of rotatable bonds is 4. The minimum atomic E-state index is 0.0910. The van der Waals surface area contributed by atoms with Crippen LogP contribution >= 0.6 is 0 Å². The Bertz CT molecular complexity index is 611. The molecule has 2 N–H and O–H groups in total. The highest BCUT2D eigenvalue weighted by Crippen LogP contribution is 2.22. The molecule has 0 fully saturated rings. The van der Waals surface area contributed by atoms with Crippen molar-refractivity contribution in [3.05, 3.63) is 51.8 Å². The molecule has 20 heavy (non-hydrogen) atoms. The monoisotopic (exact) mass is 271 g/mol. The lowest BCUT2D eigenvalue weighted by molar-refractivity contribution is 0.647. The largest absolute Gasteiger partial charge is 0.324 e. The van der Waals surface area contributed by atoms with Gasteiger partial charge in [-0.3, -0.25) is 4.68 Å². The lowest BCUT2D eigenvalue weighted by Gasteiger charge is -2.14. The van der Waals surface area contributed by atoms with Crippen LogP contribution in [0.4, 0.5) is 0 Å². The van der Waals surface area contributed by atoms with Gasteiger partial charge in [-0.1, -0.05) is 18.2 Å². The predicted molar refractivity (Wildman–Crippen MR) is 83.8 cm³/mol. The van der Waals surface area contributed by atoms with Crippen molar-refractivity contribution in [3.63, 3.8) is 0 Å². The van der Waals surface area contributed by atoms with E-state index in [0.29, 0.717) is 0 Å². The summed E-state index contributed by atoms with van der Waals surface area (Å²) in [4.78, 5) is 0. The van der Waals surface area contributed by atoms with Crippen LogP contribution in [0.5, 0.6) is 0 Å². The van der Waals surface area contributed by atoms with Gasteiger partial charge in [-0.2, -0.15) is 5.10 Å². The average Bonchev–Trinajstić information content (AvgIpc) is 2.64. The van der Waals surface area contributed by atoms with E-state index in [2.05, 4.69) is 51.0 Å². The first kappa shape index (κ1) is 14.8. The van der Waals surface area contributed by atoms with Crippen molar-refractivity contribution >= 4 is 0 Å². The summed E-state index contributed by atoms with van der Waals surface area (Å²) in [5.41, 5.74) is 13.9. The van der Waals surface area contributed by atoms with Gasteiger partial charge in [0, 0.05) is 18.8 Å². The molecule has 1 heterocycles. The number of nitrogens with two attached hydrogens (primary N) is 1. The van der Waals surface area contributed by atoms with Crippen molar-refractivity contribution in [2.24, 2.45) is 12.8 Å². The van der Waals surface area contributed by atoms with E-state index in [0.717, 1.165) is 18.5 Å². The van der Waals surface area contributed by atoms with E-state index in [1.54, 1.807) is 0 Å². The molecular weight excluding hydrogens is 246 g/mol. The summed E-state index contributed by atoms with van der Waals surface area (Å²) in [6, 6.07) is 6.61. The van der Waals surface area contributed by atoms with Gasteiger partial charge in [0.25, 0.3) is 0 Å². The first-order valence-corrected chi connectivity index (χ1v) is 7.22. The van der Waals surface area contributed by atoms with Crippen LogP contribution in [0.1, 0.15) is 46.1 Å². The third-order valence-electron chi connectivity index (χ3n) is 4.32. The molecule has 0 aliphatic heterocycles. The number of hydrogen-bond acceptors (Lipinski definition) is 2. The fourth-order valence-electron chi connectivity index (χ4n) is 2.64. The van der Waals surface area contributed by atoms with Crippen molar-refractivity contribution in [1.29, 1.82) is 0 Å². The van der Waals surface area contributed by atoms with Crippen LogP contribution in [-0.2, 0) is 13.5 Å². The summed E-state index contributed by atoms with van der Waals surface area (Å²) in [6.07, 6.45) is 1.94. The molecule has 1 unspecified atom stereocenters. The zero-order valence-corrected chi connectivity index (χ0v) is 13.2. The Hall–Kier alpha value is -1.61. The van der Waals surface area contributed by atoms with Crippen LogP contribution in [0, 0.1) is 27.7 Å². The molecule has 0 spiro atoms. The summed E-state index contributed by atoms with van der Waals surface area (Å²) >= 11 is 0. The zero-order valence-electron chi connectivity index (χ0n) is 13.2. The summed E-state index contributed by atoms with van der Waals surface area (Å²) in [5.74, 6) is 0. The Morgan fingerprint density at radius 3 is 2.40 bits per heavy atom. The van der Waals surface area contributed by atoms with Gasteiger partial charge < -0.3 is 5.73 Å². The number of nitrogens with zero attached hydrogens (tertiary/aromatic N) is 2. The fourth-order valence-corrected chi connectivity index (χ4v) is 2.64. The predicted octanol–water partition coefficient (Wildman–Crippen LogP) is 3.29. The van der Waals surface area contributed by atoms with Crippen LogP contribution in [0.15, 0.2) is 18.2 Å². The quantitative estimate of drug-likeness (QED) is 0.927. The Labute approximate surface area is 121 Å². The Morgan fingerprint density at radius 1 is 1.15 bits per heavy atom. The van der Waals surface area contributed by atoms with Gasteiger partial charge >= 0.3 is 0 Å². The van der Waals surface area contributed by atoms with E-state index in [1.165, 1.54) is 27.9 Å². The van der Waals surface area contributed by atoms with Gasteiger partial charge in [0.1, 0.15) is 0 Å². The van der Waals surface area contributed by atoms with Crippen LogP contribution < -0.4 is 5.73 Å². The molecule has 3 heteroatoms. The van der Waals surface area contributed by atoms with E-state index >= 15 is 0 Å². The standard InChI is InChI=1S/C17H25N3/c1-11-6-7-15(10-12(11)2)17(18)9-8-16-13(3)19-20(5)14(16)4/h6-7,10,17H,8-9,18H2,1-5H3. The summed E-state index contributed by atoms with van der Waals surface area (Å²) < 4.78 is 1.95. The zero-order chi connectivity index (χ0) is 14.9. The van der Waals surface area contributed by atoms with E-state index in [9.17, 15) is 0 Å². The molecule has 2 aromatic rings. The lowest BCUT2D eigenvalue weighted by Crippen LogP contribution is -2.12. The van der Waals surface area contributed by atoms with Crippen LogP contribution in [-0.4, -0.2) is 9.78 Å². The van der Waals surface area contributed by atoms with Gasteiger partial charge in [-0.05, 0) is 62.8 Å². The molecule has 2 rings (SSSR count). The Morgan fingerprint density at radius 2 is 1.85 bits per heavy atom. The summed E-state index contributed by atoms with van der Waals surface area (Å²) in [6.45, 7) is 8.47. The smallest absolute Gasteiger partial charge is 0.0628 e. The number of aromatic nitrogens is 2. The van der Waals surface area contributed by atoms with Gasteiger partial charge in [0.15, 0.2) is 0 Å². The van der Waals surface area contributed by atoms with Crippen molar-refractivity contribution in [3.8, 4) is 0 Å². The molecule has 1 aromatic carbocycles. The minimum absolute atomic E-state index is 0.0910. The Balaban J connectivity index is 2.08. The lowest BCUT2D eigenvalue weighted by atomic mass is 9.96. The van der Waals surface area contributed by atoms with Gasteiger partial charge in [0.2, 0.25) is 0 Å². The van der Waals surface area contributed by atoms with E-state index in [4.69, 9.17) is 5.73 Å². The van der Waals surface area contributed by atoms with Crippen LogP contribution in [0.3, 0.4) is 0 Å². The number of aryl methyl sites for hydroxylation is 4. The SMILES string of the molecule is Cc1ccc(C(N)CCc2c(C)nn(C)c2C)cc1C. The van der Waals surface area contributed by atoms with E-state index in [1.807, 2.05) is 11.7 Å². The molecule has 1 aromatic heterocycles. The summed E-state index contributed by atoms with van der Waals surface area (Å²) in [5, 5.41) is 4.46. The van der Waals surface area contributed by atoms with Crippen molar-refractivity contribution in [1.82, 2.24) is 9.78 Å². The van der Waals surface area contributed by atoms with Gasteiger partial charge in [-0.25, -0.2) is 0 Å². The van der Waals surface area contributed by atoms with Crippen molar-refractivity contribution in [2.45, 2.75) is 46.6 Å². The normalized spacial score (nSPS) is 12.7. The fraction of sp³-hybridized carbons (Fsp3) is 0.471. The molecule has 1 atom stereocenters. The molecule has 108 valence electrons. The highest BCUT2D eigenvalue weighted by molar-refractivity contribution is 5.32. The van der Waals surface area contributed by atoms with Crippen molar-refractivity contribution in [2.75, 3.05) is 0 Å². The second-order valence-corrected chi connectivity index (χ2v) is 5.76. The maximum Gasteiger partial charge on any atom is 0.0628 e. The molecule has 0 bridgehead atoms. The third-order valence-corrected chi connectivity index (χ3v) is 4.32. The first-order valence-electron chi connectivity index (χ1n) is 7.22. The number of benzene rings is 1. The third kappa shape index (κ3) is 2.93. The van der Waals surface area contributed by atoms with E-state index in [-0.39, 0.29) is 6.04 Å². The maximum atomic E-state index is 6.34. The molecule has 0 aliphatic rings. The molecular formula is C17H25N3. The highest BCUT2D eigenvalue weighted by atomic mass is 15.3. The first-order chi connectivity index (χ1) is 9.40. The minimum Gasteiger partial charge on any atom is -0.324 e. The molecule has 0 amide bonds. The highest BCUT2D eigenvalue weighted by Gasteiger charge is 2.12. The second kappa shape index (κ2) is 5.80. The maximum absolute atomic E-state index is 6.34. The van der Waals surface area contributed by atoms with Gasteiger partial charge in [-0.15, -0.1) is 0 Å². The molecule has 0 radical (unpaired) electrons. The number of hydrogen-bond donors (Lipinski definition) is 1. The second-order valence-electron chi connectivity index (χ2n) is 5.76. The van der Waals surface area contributed by atoms with E-state index < -0.39 is 0 Å². The molecule has 0 saturated carbocycles.